The lowest BCUT2D eigenvalue weighted by Crippen LogP contribution is -2.24. The van der Waals surface area contributed by atoms with Gasteiger partial charge in [0, 0.05) is 17.6 Å². The van der Waals surface area contributed by atoms with Gasteiger partial charge in [-0.15, -0.1) is 0 Å². The summed E-state index contributed by atoms with van der Waals surface area (Å²) in [7, 11) is 0. The van der Waals surface area contributed by atoms with E-state index in [2.05, 4.69) is 0 Å². The molecule has 3 heteroatoms. The number of hydrogen-bond donors (Lipinski definition) is 0. The zero-order chi connectivity index (χ0) is 12.7. The molecule has 0 N–H and O–H groups in total. The van der Waals surface area contributed by atoms with Crippen molar-refractivity contribution in [3.05, 3.63) is 47.0 Å². The molecule has 1 unspecified atom stereocenters. The largest absolute Gasteiger partial charge is 0.299 e. The van der Waals surface area contributed by atoms with E-state index in [0.29, 0.717) is 17.6 Å². The Morgan fingerprint density at radius 3 is 2.56 bits per heavy atom. The Morgan fingerprint density at radius 1 is 1.06 bits per heavy atom. The van der Waals surface area contributed by atoms with E-state index >= 15 is 0 Å². The molecular formula is C15H12O3. The number of carbonyl (C=O) groups excluding carboxylic acids is 3. The van der Waals surface area contributed by atoms with Gasteiger partial charge in [0.15, 0.2) is 11.6 Å². The fraction of sp³-hybridized carbons (Fsp3) is 0.267. The Labute approximate surface area is 104 Å². The molecule has 18 heavy (non-hydrogen) atoms. The second kappa shape index (κ2) is 4.02. The van der Waals surface area contributed by atoms with E-state index in [-0.39, 0.29) is 36.1 Å². The van der Waals surface area contributed by atoms with Gasteiger partial charge in [0.2, 0.25) is 0 Å². The van der Waals surface area contributed by atoms with Crippen LogP contribution >= 0.6 is 0 Å². The molecule has 0 aromatic heterocycles. The number of Topliss-reactive ketones (excluding diaryl/α,β-unsaturated/α-hetero) is 3. The molecule has 2 aliphatic carbocycles. The molecule has 0 saturated carbocycles. The Hall–Kier alpha value is -2.03. The minimum Gasteiger partial charge on any atom is -0.299 e. The van der Waals surface area contributed by atoms with Crippen LogP contribution in [0.15, 0.2) is 35.9 Å². The highest BCUT2D eigenvalue weighted by molar-refractivity contribution is 6.16. The fourth-order valence-electron chi connectivity index (χ4n) is 2.72. The molecule has 3 nitrogen and oxygen atoms in total. The lowest BCUT2D eigenvalue weighted by molar-refractivity contribution is -0.125. The van der Waals surface area contributed by atoms with Gasteiger partial charge in [0.25, 0.3) is 0 Å². The van der Waals surface area contributed by atoms with Gasteiger partial charge in [0.05, 0.1) is 12.3 Å². The summed E-state index contributed by atoms with van der Waals surface area (Å²) in [6, 6.07) is 7.46. The van der Waals surface area contributed by atoms with Gasteiger partial charge in [-0.3, -0.25) is 14.4 Å². The van der Waals surface area contributed by atoms with Crippen molar-refractivity contribution >= 4 is 17.3 Å². The first-order valence-corrected chi connectivity index (χ1v) is 6.04. The third kappa shape index (κ3) is 1.63. The molecule has 0 amide bonds. The molecule has 0 spiro atoms. The van der Waals surface area contributed by atoms with Gasteiger partial charge < -0.3 is 0 Å². The maximum absolute atomic E-state index is 12.2. The number of rotatable bonds is 1. The Bertz CT molecular complexity index is 596. The van der Waals surface area contributed by atoms with Crippen LogP contribution in [0, 0.1) is 5.92 Å². The second-order valence-corrected chi connectivity index (χ2v) is 4.78. The smallest absolute Gasteiger partial charge is 0.171 e. The molecule has 2 aliphatic rings. The average Bonchev–Trinajstić information content (AvgIpc) is 2.68. The highest BCUT2D eigenvalue weighted by Crippen LogP contribution is 2.33. The third-order valence-corrected chi connectivity index (χ3v) is 3.63. The maximum Gasteiger partial charge on any atom is 0.171 e. The Morgan fingerprint density at radius 2 is 1.83 bits per heavy atom. The first-order valence-electron chi connectivity index (χ1n) is 6.04. The molecule has 90 valence electrons. The summed E-state index contributed by atoms with van der Waals surface area (Å²) >= 11 is 0. The van der Waals surface area contributed by atoms with Gasteiger partial charge >= 0.3 is 0 Å². The summed E-state index contributed by atoms with van der Waals surface area (Å²) in [5, 5.41) is 0. The van der Waals surface area contributed by atoms with E-state index in [1.807, 2.05) is 18.2 Å². The highest BCUT2D eigenvalue weighted by Gasteiger charge is 2.36. The third-order valence-electron chi connectivity index (χ3n) is 3.63. The summed E-state index contributed by atoms with van der Waals surface area (Å²) in [6.45, 7) is 0. The van der Waals surface area contributed by atoms with Crippen molar-refractivity contribution in [3.63, 3.8) is 0 Å². The molecule has 1 atom stereocenters. The van der Waals surface area contributed by atoms with E-state index in [0.717, 1.165) is 5.56 Å². The van der Waals surface area contributed by atoms with Crippen LogP contribution in [0.3, 0.4) is 0 Å². The highest BCUT2D eigenvalue weighted by atomic mass is 16.2. The van der Waals surface area contributed by atoms with Crippen molar-refractivity contribution in [2.75, 3.05) is 0 Å². The number of ketones is 3. The lowest BCUT2D eigenvalue weighted by Gasteiger charge is -2.15. The number of allylic oxidation sites excluding steroid dienone is 2. The van der Waals surface area contributed by atoms with Crippen LogP contribution < -0.4 is 0 Å². The summed E-state index contributed by atoms with van der Waals surface area (Å²) in [6.07, 6.45) is 2.45. The first kappa shape index (κ1) is 11.1. The van der Waals surface area contributed by atoms with E-state index in [1.165, 1.54) is 0 Å². The van der Waals surface area contributed by atoms with E-state index < -0.39 is 0 Å². The summed E-state index contributed by atoms with van der Waals surface area (Å²) in [4.78, 5) is 35.3. The predicted octanol–water partition coefficient (Wildman–Crippen LogP) is 1.90. The minimum absolute atomic E-state index is 0.0135. The van der Waals surface area contributed by atoms with Crippen LogP contribution in [0.1, 0.15) is 28.8 Å². The standard InChI is InChI=1S/C15H12O3/c16-10-5-6-12(14(17)8-10)13-7-9-3-1-2-4-11(9)15(13)18/h1-4,6,13H,5,7-8H2. The zero-order valence-corrected chi connectivity index (χ0v) is 9.81. The SMILES string of the molecule is O=C1CC=C(C2Cc3ccccc3C2=O)C(=O)C1. The van der Waals surface area contributed by atoms with Crippen LogP contribution in [0.4, 0.5) is 0 Å². The summed E-state index contributed by atoms with van der Waals surface area (Å²) < 4.78 is 0. The van der Waals surface area contributed by atoms with Crippen LogP contribution in [0.5, 0.6) is 0 Å². The maximum atomic E-state index is 12.2. The van der Waals surface area contributed by atoms with Crippen molar-refractivity contribution in [3.8, 4) is 0 Å². The zero-order valence-electron chi connectivity index (χ0n) is 9.81. The summed E-state index contributed by atoms with van der Waals surface area (Å²) in [5.74, 6) is -0.605. The molecule has 0 aliphatic heterocycles. The van der Waals surface area contributed by atoms with Crippen molar-refractivity contribution in [2.24, 2.45) is 5.92 Å². The monoisotopic (exact) mass is 240 g/mol. The van der Waals surface area contributed by atoms with E-state index in [1.54, 1.807) is 12.1 Å². The second-order valence-electron chi connectivity index (χ2n) is 4.78. The molecule has 0 saturated heterocycles. The fourth-order valence-corrected chi connectivity index (χ4v) is 2.72. The molecule has 0 radical (unpaired) electrons. The minimum atomic E-state index is -0.372. The van der Waals surface area contributed by atoms with Gasteiger partial charge in [0.1, 0.15) is 5.78 Å². The molecule has 0 fully saturated rings. The molecule has 1 aromatic carbocycles. The first-order chi connectivity index (χ1) is 8.66. The Balaban J connectivity index is 1.95. The number of fused-ring (bicyclic) bond motifs is 1. The normalized spacial score (nSPS) is 23.0. The summed E-state index contributed by atoms with van der Waals surface area (Å²) in [5.41, 5.74) is 2.25. The van der Waals surface area contributed by atoms with E-state index in [4.69, 9.17) is 0 Å². The Kier molecular flexibility index (Phi) is 2.47. The van der Waals surface area contributed by atoms with E-state index in [9.17, 15) is 14.4 Å². The molecule has 0 bridgehead atoms. The number of carbonyl (C=O) groups is 3. The van der Waals surface area contributed by atoms with Gasteiger partial charge in [-0.25, -0.2) is 0 Å². The van der Waals surface area contributed by atoms with Gasteiger partial charge in [-0.2, -0.15) is 0 Å². The van der Waals surface area contributed by atoms with Crippen molar-refractivity contribution in [1.29, 1.82) is 0 Å². The quantitative estimate of drug-likeness (QED) is 0.704. The number of benzene rings is 1. The van der Waals surface area contributed by atoms with Gasteiger partial charge in [-0.05, 0) is 12.0 Å². The van der Waals surface area contributed by atoms with Crippen LogP contribution in [-0.4, -0.2) is 17.3 Å². The average molecular weight is 240 g/mol. The predicted molar refractivity (Wildman–Crippen MR) is 65.3 cm³/mol. The number of hydrogen-bond acceptors (Lipinski definition) is 3. The molecular weight excluding hydrogens is 228 g/mol. The lowest BCUT2D eigenvalue weighted by atomic mass is 9.85. The van der Waals surface area contributed by atoms with Gasteiger partial charge in [-0.1, -0.05) is 30.3 Å². The molecule has 3 rings (SSSR count). The van der Waals surface area contributed by atoms with Crippen molar-refractivity contribution in [1.82, 2.24) is 0 Å². The molecule has 0 heterocycles. The van der Waals surface area contributed by atoms with Crippen LogP contribution in [0.2, 0.25) is 0 Å². The topological polar surface area (TPSA) is 51.2 Å². The van der Waals surface area contributed by atoms with Crippen molar-refractivity contribution in [2.45, 2.75) is 19.3 Å². The van der Waals surface area contributed by atoms with Crippen LogP contribution in [0.25, 0.3) is 0 Å². The molecule has 1 aromatic rings. The van der Waals surface area contributed by atoms with Crippen LogP contribution in [-0.2, 0) is 16.0 Å². The van der Waals surface area contributed by atoms with Crippen molar-refractivity contribution < 1.29 is 14.4 Å².